The van der Waals surface area contributed by atoms with E-state index in [1.807, 2.05) is 12.1 Å². The lowest BCUT2D eigenvalue weighted by molar-refractivity contribution is -0.115. The smallest absolute Gasteiger partial charge is 0.238 e. The topological polar surface area (TPSA) is 44.4 Å². The number of anilines is 1. The average Bonchev–Trinajstić information content (AvgIpc) is 2.48. The van der Waals surface area contributed by atoms with Crippen LogP contribution in [0.3, 0.4) is 0 Å². The van der Waals surface area contributed by atoms with E-state index < -0.39 is 0 Å². The summed E-state index contributed by atoms with van der Waals surface area (Å²) in [7, 11) is 0. The Hall–Kier alpha value is -1.10. The summed E-state index contributed by atoms with van der Waals surface area (Å²) in [6.07, 6.45) is 3.93. The lowest BCUT2D eigenvalue weighted by Crippen LogP contribution is -2.44. The number of carbonyl (C=O) groups is 1. The molecule has 1 aliphatic heterocycles. The molecule has 1 aromatic rings. The Morgan fingerprint density at radius 3 is 2.81 bits per heavy atom. The molecule has 1 fully saturated rings. The predicted molar refractivity (Wildman–Crippen MR) is 87.8 cm³/mol. The highest BCUT2D eigenvalue weighted by Crippen LogP contribution is 2.14. The number of piperidine rings is 1. The van der Waals surface area contributed by atoms with Crippen molar-refractivity contribution in [1.29, 1.82) is 0 Å². The van der Waals surface area contributed by atoms with Gasteiger partial charge in [-0.05, 0) is 51.1 Å². The van der Waals surface area contributed by atoms with Crippen LogP contribution in [0.25, 0.3) is 0 Å². The highest BCUT2D eigenvalue weighted by molar-refractivity contribution is 6.30. The largest absolute Gasteiger partial charge is 0.325 e. The lowest BCUT2D eigenvalue weighted by Gasteiger charge is -2.32. The molecule has 0 spiro atoms. The molecule has 1 heterocycles. The maximum atomic E-state index is 11.9. The van der Waals surface area contributed by atoms with Gasteiger partial charge in [0.2, 0.25) is 5.91 Å². The first kappa shape index (κ1) is 16.3. The maximum Gasteiger partial charge on any atom is 0.238 e. The number of carbonyl (C=O) groups excluding carboxylic acids is 1. The van der Waals surface area contributed by atoms with E-state index in [2.05, 4.69) is 22.5 Å². The lowest BCUT2D eigenvalue weighted by atomic mass is 10.1. The minimum absolute atomic E-state index is 0.0388. The van der Waals surface area contributed by atoms with Crippen molar-refractivity contribution in [2.75, 3.05) is 31.5 Å². The molecule has 0 aliphatic carbocycles. The first-order valence-electron chi connectivity index (χ1n) is 7.65. The summed E-state index contributed by atoms with van der Waals surface area (Å²) < 4.78 is 0. The number of amides is 1. The van der Waals surface area contributed by atoms with Crippen LogP contribution in [0.5, 0.6) is 0 Å². The number of benzene rings is 1. The summed E-state index contributed by atoms with van der Waals surface area (Å²) in [5.74, 6) is -0.0388. The fourth-order valence-electron chi connectivity index (χ4n) is 2.65. The van der Waals surface area contributed by atoms with Crippen molar-refractivity contribution >= 4 is 23.2 Å². The zero-order valence-electron chi connectivity index (χ0n) is 12.6. The second-order valence-corrected chi connectivity index (χ2v) is 6.07. The van der Waals surface area contributed by atoms with Gasteiger partial charge in [-0.2, -0.15) is 0 Å². The van der Waals surface area contributed by atoms with Crippen molar-refractivity contribution in [2.24, 2.45) is 0 Å². The Kier molecular flexibility index (Phi) is 6.49. The average molecular weight is 310 g/mol. The van der Waals surface area contributed by atoms with Gasteiger partial charge in [0.1, 0.15) is 0 Å². The van der Waals surface area contributed by atoms with Gasteiger partial charge < -0.3 is 10.6 Å². The summed E-state index contributed by atoms with van der Waals surface area (Å²) in [6.45, 7) is 5.73. The second-order valence-electron chi connectivity index (χ2n) is 5.64. The third kappa shape index (κ3) is 5.65. The van der Waals surface area contributed by atoms with Crippen molar-refractivity contribution in [1.82, 2.24) is 10.2 Å². The van der Waals surface area contributed by atoms with Crippen LogP contribution in [0.4, 0.5) is 5.69 Å². The van der Waals surface area contributed by atoms with Gasteiger partial charge in [-0.3, -0.25) is 9.69 Å². The Labute approximate surface area is 131 Å². The van der Waals surface area contributed by atoms with Gasteiger partial charge in [-0.1, -0.05) is 24.1 Å². The number of likely N-dealkylation sites (tertiary alicyclic amines) is 1. The summed E-state index contributed by atoms with van der Waals surface area (Å²) in [4.78, 5) is 14.3. The van der Waals surface area contributed by atoms with Crippen molar-refractivity contribution in [3.63, 3.8) is 0 Å². The third-order valence-corrected chi connectivity index (χ3v) is 4.08. The summed E-state index contributed by atoms with van der Waals surface area (Å²) >= 11 is 5.89. The highest BCUT2D eigenvalue weighted by atomic mass is 35.5. The number of halogens is 1. The van der Waals surface area contributed by atoms with E-state index in [0.717, 1.165) is 12.2 Å². The molecule has 1 atom stereocenters. The molecule has 116 valence electrons. The zero-order chi connectivity index (χ0) is 15.1. The van der Waals surface area contributed by atoms with Gasteiger partial charge in [0, 0.05) is 23.3 Å². The molecular weight excluding hydrogens is 286 g/mol. The molecule has 1 amide bonds. The first-order chi connectivity index (χ1) is 10.1. The SMILES string of the molecule is CC(CNCC(=O)Nc1cccc(Cl)c1)N1CCCCC1. The van der Waals surface area contributed by atoms with E-state index >= 15 is 0 Å². The molecule has 1 aliphatic rings. The molecule has 1 aromatic carbocycles. The van der Waals surface area contributed by atoms with E-state index in [0.29, 0.717) is 17.6 Å². The quantitative estimate of drug-likeness (QED) is 0.849. The Morgan fingerprint density at radius 2 is 2.10 bits per heavy atom. The highest BCUT2D eigenvalue weighted by Gasteiger charge is 2.16. The number of nitrogens with zero attached hydrogens (tertiary/aromatic N) is 1. The maximum absolute atomic E-state index is 11.9. The van der Waals surface area contributed by atoms with Crippen LogP contribution in [0, 0.1) is 0 Å². The van der Waals surface area contributed by atoms with Crippen LogP contribution in [0.15, 0.2) is 24.3 Å². The molecule has 0 aromatic heterocycles. The van der Waals surface area contributed by atoms with Crippen LogP contribution in [0.2, 0.25) is 5.02 Å². The van der Waals surface area contributed by atoms with E-state index in [9.17, 15) is 4.79 Å². The van der Waals surface area contributed by atoms with Gasteiger partial charge in [0.05, 0.1) is 6.54 Å². The number of hydrogen-bond acceptors (Lipinski definition) is 3. The van der Waals surface area contributed by atoms with Gasteiger partial charge >= 0.3 is 0 Å². The van der Waals surface area contributed by atoms with E-state index in [4.69, 9.17) is 11.6 Å². The zero-order valence-corrected chi connectivity index (χ0v) is 13.3. The Morgan fingerprint density at radius 1 is 1.33 bits per heavy atom. The normalized spacial score (nSPS) is 17.4. The van der Waals surface area contributed by atoms with Crippen LogP contribution in [0.1, 0.15) is 26.2 Å². The van der Waals surface area contributed by atoms with Crippen molar-refractivity contribution in [2.45, 2.75) is 32.2 Å². The van der Waals surface area contributed by atoms with E-state index in [1.165, 1.54) is 32.4 Å². The molecule has 0 radical (unpaired) electrons. The van der Waals surface area contributed by atoms with E-state index in [1.54, 1.807) is 12.1 Å². The fraction of sp³-hybridized carbons (Fsp3) is 0.562. The van der Waals surface area contributed by atoms with E-state index in [-0.39, 0.29) is 5.91 Å². The fourth-order valence-corrected chi connectivity index (χ4v) is 2.84. The van der Waals surface area contributed by atoms with Crippen LogP contribution < -0.4 is 10.6 Å². The first-order valence-corrected chi connectivity index (χ1v) is 8.03. The number of nitrogens with one attached hydrogen (secondary N) is 2. The van der Waals surface area contributed by atoms with Crippen molar-refractivity contribution in [3.8, 4) is 0 Å². The van der Waals surface area contributed by atoms with Gasteiger partial charge in [-0.15, -0.1) is 0 Å². The molecule has 4 nitrogen and oxygen atoms in total. The number of hydrogen-bond donors (Lipinski definition) is 2. The molecule has 0 bridgehead atoms. The molecule has 0 saturated carbocycles. The van der Waals surface area contributed by atoms with Crippen molar-refractivity contribution < 1.29 is 4.79 Å². The summed E-state index contributed by atoms with van der Waals surface area (Å²) in [5.41, 5.74) is 0.735. The Bertz CT molecular complexity index is 461. The molecule has 2 rings (SSSR count). The molecule has 21 heavy (non-hydrogen) atoms. The molecule has 2 N–H and O–H groups in total. The Balaban J connectivity index is 1.66. The summed E-state index contributed by atoms with van der Waals surface area (Å²) in [6, 6.07) is 7.67. The molecule has 1 saturated heterocycles. The molecular formula is C16H24ClN3O. The summed E-state index contributed by atoms with van der Waals surface area (Å²) in [5, 5.41) is 6.69. The number of rotatable bonds is 6. The third-order valence-electron chi connectivity index (χ3n) is 3.85. The van der Waals surface area contributed by atoms with Gasteiger partial charge in [-0.25, -0.2) is 0 Å². The molecule has 1 unspecified atom stereocenters. The van der Waals surface area contributed by atoms with Gasteiger partial charge in [0.15, 0.2) is 0 Å². The predicted octanol–water partition coefficient (Wildman–Crippen LogP) is 2.74. The van der Waals surface area contributed by atoms with Crippen molar-refractivity contribution in [3.05, 3.63) is 29.3 Å². The monoisotopic (exact) mass is 309 g/mol. The second kappa shape index (κ2) is 8.37. The van der Waals surface area contributed by atoms with Crippen LogP contribution >= 0.6 is 11.6 Å². The standard InChI is InChI=1S/C16H24ClN3O/c1-13(20-8-3-2-4-9-20)11-18-12-16(21)19-15-7-5-6-14(17)10-15/h5-7,10,13,18H,2-4,8-9,11-12H2,1H3,(H,19,21). The van der Waals surface area contributed by atoms with Crippen LogP contribution in [-0.4, -0.2) is 43.0 Å². The molecule has 5 heteroatoms. The van der Waals surface area contributed by atoms with Gasteiger partial charge in [0.25, 0.3) is 0 Å². The van der Waals surface area contributed by atoms with Crippen LogP contribution in [-0.2, 0) is 4.79 Å². The minimum atomic E-state index is -0.0388. The minimum Gasteiger partial charge on any atom is -0.325 e.